The fourth-order valence-electron chi connectivity index (χ4n) is 3.71. The number of benzene rings is 1. The summed E-state index contributed by atoms with van der Waals surface area (Å²) in [4.78, 5) is 25.7. The quantitative estimate of drug-likeness (QED) is 0.853. The van der Waals surface area contributed by atoms with Crippen LogP contribution in [0.5, 0.6) is 0 Å². The van der Waals surface area contributed by atoms with Gasteiger partial charge < -0.3 is 15.5 Å². The Bertz CT molecular complexity index is 827. The van der Waals surface area contributed by atoms with Crippen LogP contribution in [0.1, 0.15) is 38.5 Å². The van der Waals surface area contributed by atoms with Crippen LogP contribution in [0, 0.1) is 0 Å². The van der Waals surface area contributed by atoms with E-state index in [0.717, 1.165) is 30.2 Å². The van der Waals surface area contributed by atoms with E-state index in [1.807, 2.05) is 36.4 Å². The van der Waals surface area contributed by atoms with Crippen LogP contribution >= 0.6 is 0 Å². The molecule has 146 valence electrons. The number of nitrogens with zero attached hydrogens (tertiary/aromatic N) is 3. The lowest BCUT2D eigenvalue weighted by Crippen LogP contribution is -2.37. The van der Waals surface area contributed by atoms with Crippen LogP contribution in [0.15, 0.2) is 36.4 Å². The van der Waals surface area contributed by atoms with E-state index < -0.39 is 6.04 Å². The molecule has 0 saturated carbocycles. The molecule has 2 saturated heterocycles. The maximum atomic E-state index is 12.2. The van der Waals surface area contributed by atoms with Crippen molar-refractivity contribution in [2.24, 2.45) is 0 Å². The predicted octanol–water partition coefficient (Wildman–Crippen LogP) is 2.74. The summed E-state index contributed by atoms with van der Waals surface area (Å²) in [6.07, 6.45) is 5.95. The summed E-state index contributed by atoms with van der Waals surface area (Å²) < 4.78 is 0. The van der Waals surface area contributed by atoms with Crippen molar-refractivity contribution < 1.29 is 9.59 Å². The molecule has 2 aromatic rings. The Morgan fingerprint density at radius 2 is 1.75 bits per heavy atom. The van der Waals surface area contributed by atoms with Gasteiger partial charge in [-0.3, -0.25) is 9.59 Å². The van der Waals surface area contributed by atoms with Crippen LogP contribution < -0.4 is 15.5 Å². The van der Waals surface area contributed by atoms with Gasteiger partial charge in [0.1, 0.15) is 6.04 Å². The van der Waals surface area contributed by atoms with Gasteiger partial charge in [0.05, 0.1) is 5.69 Å². The Morgan fingerprint density at radius 1 is 1.00 bits per heavy atom. The topological polar surface area (TPSA) is 87.2 Å². The van der Waals surface area contributed by atoms with Gasteiger partial charge in [0.15, 0.2) is 5.82 Å². The Balaban J connectivity index is 1.39. The third kappa shape index (κ3) is 4.30. The van der Waals surface area contributed by atoms with Gasteiger partial charge in [-0.2, -0.15) is 0 Å². The second-order valence-corrected chi connectivity index (χ2v) is 7.40. The second-order valence-electron chi connectivity index (χ2n) is 7.40. The van der Waals surface area contributed by atoms with Gasteiger partial charge in [-0.1, -0.05) is 25.0 Å². The maximum absolute atomic E-state index is 12.2. The van der Waals surface area contributed by atoms with Crippen molar-refractivity contribution in [2.75, 3.05) is 23.3 Å². The molecule has 1 atom stereocenters. The third-order valence-corrected chi connectivity index (χ3v) is 5.34. The van der Waals surface area contributed by atoms with Gasteiger partial charge in [-0.05, 0) is 43.5 Å². The molecule has 2 aliphatic rings. The van der Waals surface area contributed by atoms with E-state index in [2.05, 4.69) is 25.7 Å². The fourth-order valence-corrected chi connectivity index (χ4v) is 3.71. The van der Waals surface area contributed by atoms with Crippen LogP contribution in [0.2, 0.25) is 0 Å². The predicted molar refractivity (Wildman–Crippen MR) is 108 cm³/mol. The molecule has 7 heteroatoms. The first-order valence-electron chi connectivity index (χ1n) is 9.98. The monoisotopic (exact) mass is 379 g/mol. The zero-order valence-corrected chi connectivity index (χ0v) is 15.9. The highest BCUT2D eigenvalue weighted by Crippen LogP contribution is 2.22. The highest BCUT2D eigenvalue weighted by Gasteiger charge is 2.27. The minimum atomic E-state index is -0.440. The second kappa shape index (κ2) is 8.37. The highest BCUT2D eigenvalue weighted by molar-refractivity contribution is 5.99. The van der Waals surface area contributed by atoms with Gasteiger partial charge in [0.25, 0.3) is 0 Å². The number of carbonyl (C=O) groups excluding carboxylic acids is 2. The van der Waals surface area contributed by atoms with Crippen LogP contribution in [0.4, 0.5) is 11.5 Å². The molecule has 3 heterocycles. The average Bonchev–Trinajstić information content (AvgIpc) is 2.99. The molecule has 0 radical (unpaired) electrons. The van der Waals surface area contributed by atoms with Gasteiger partial charge in [-0.15, -0.1) is 10.2 Å². The summed E-state index contributed by atoms with van der Waals surface area (Å²) in [6, 6.07) is 11.1. The Labute approximate surface area is 164 Å². The molecule has 1 aromatic carbocycles. The number of carbonyl (C=O) groups is 2. The summed E-state index contributed by atoms with van der Waals surface area (Å²) >= 11 is 0. The van der Waals surface area contributed by atoms with Crippen molar-refractivity contribution in [2.45, 2.75) is 44.6 Å². The van der Waals surface area contributed by atoms with Crippen LogP contribution in [0.25, 0.3) is 11.3 Å². The van der Waals surface area contributed by atoms with E-state index in [1.54, 1.807) is 0 Å². The van der Waals surface area contributed by atoms with Crippen LogP contribution in [0.3, 0.4) is 0 Å². The number of nitrogens with one attached hydrogen (secondary N) is 2. The standard InChI is InChI=1S/C21H25N5O2/c27-20-12-10-18(23-20)21(28)22-16-7-5-15(6-8-16)17-9-11-19(25-24-17)26-13-3-1-2-4-14-26/h5-9,11,18H,1-4,10,12-14H2,(H,22,28)(H,23,27). The van der Waals surface area contributed by atoms with Crippen LogP contribution in [-0.4, -0.2) is 41.1 Å². The molecule has 2 aliphatic heterocycles. The molecule has 0 aliphatic carbocycles. The third-order valence-electron chi connectivity index (χ3n) is 5.34. The molecule has 7 nitrogen and oxygen atoms in total. The lowest BCUT2D eigenvalue weighted by atomic mass is 10.1. The Morgan fingerprint density at radius 3 is 2.36 bits per heavy atom. The number of rotatable bonds is 4. The van der Waals surface area contributed by atoms with E-state index in [0.29, 0.717) is 18.5 Å². The summed E-state index contributed by atoms with van der Waals surface area (Å²) in [6.45, 7) is 2.09. The van der Waals surface area contributed by atoms with E-state index in [9.17, 15) is 9.59 Å². The maximum Gasteiger partial charge on any atom is 0.246 e. The van der Waals surface area contributed by atoms with Gasteiger partial charge in [0.2, 0.25) is 11.8 Å². The summed E-state index contributed by atoms with van der Waals surface area (Å²) in [5, 5.41) is 14.3. The van der Waals surface area contributed by atoms with Gasteiger partial charge in [-0.25, -0.2) is 0 Å². The molecule has 1 unspecified atom stereocenters. The zero-order valence-electron chi connectivity index (χ0n) is 15.9. The SMILES string of the molecule is O=C1CCC(C(=O)Nc2ccc(-c3ccc(N4CCCCCC4)nn3)cc2)N1. The molecule has 0 bridgehead atoms. The molecule has 28 heavy (non-hydrogen) atoms. The van der Waals surface area contributed by atoms with E-state index in [4.69, 9.17) is 0 Å². The number of hydrogen-bond acceptors (Lipinski definition) is 5. The lowest BCUT2D eigenvalue weighted by molar-refractivity contribution is -0.122. The normalized spacial score (nSPS) is 19.8. The molecule has 1 aromatic heterocycles. The first-order valence-corrected chi connectivity index (χ1v) is 9.98. The summed E-state index contributed by atoms with van der Waals surface area (Å²) in [5.41, 5.74) is 2.45. The Kier molecular flexibility index (Phi) is 5.50. The number of anilines is 2. The number of aromatic nitrogens is 2. The van der Waals surface area contributed by atoms with Crippen molar-refractivity contribution in [3.63, 3.8) is 0 Å². The molecule has 0 spiro atoms. The number of hydrogen-bond donors (Lipinski definition) is 2. The molecule has 2 amide bonds. The van der Waals surface area contributed by atoms with Crippen molar-refractivity contribution >= 4 is 23.3 Å². The first kappa shape index (κ1) is 18.4. The smallest absolute Gasteiger partial charge is 0.246 e. The minimum absolute atomic E-state index is 0.0716. The highest BCUT2D eigenvalue weighted by atomic mass is 16.2. The van der Waals surface area contributed by atoms with E-state index >= 15 is 0 Å². The molecular formula is C21H25N5O2. The van der Waals surface area contributed by atoms with E-state index in [1.165, 1.54) is 25.7 Å². The zero-order chi connectivity index (χ0) is 19.3. The largest absolute Gasteiger partial charge is 0.355 e. The van der Waals surface area contributed by atoms with Crippen molar-refractivity contribution in [1.29, 1.82) is 0 Å². The van der Waals surface area contributed by atoms with Crippen molar-refractivity contribution in [1.82, 2.24) is 15.5 Å². The van der Waals surface area contributed by atoms with Gasteiger partial charge >= 0.3 is 0 Å². The summed E-state index contributed by atoms with van der Waals surface area (Å²) in [7, 11) is 0. The lowest BCUT2D eigenvalue weighted by Gasteiger charge is -2.20. The van der Waals surface area contributed by atoms with Gasteiger partial charge in [0, 0.05) is 30.8 Å². The summed E-state index contributed by atoms with van der Waals surface area (Å²) in [5.74, 6) is 0.686. The van der Waals surface area contributed by atoms with Crippen molar-refractivity contribution in [3.8, 4) is 11.3 Å². The minimum Gasteiger partial charge on any atom is -0.355 e. The molecular weight excluding hydrogens is 354 g/mol. The fraction of sp³-hybridized carbons (Fsp3) is 0.429. The molecule has 2 fully saturated rings. The molecule has 4 rings (SSSR count). The number of amides is 2. The van der Waals surface area contributed by atoms with E-state index in [-0.39, 0.29) is 11.8 Å². The average molecular weight is 379 g/mol. The van der Waals surface area contributed by atoms with Crippen molar-refractivity contribution in [3.05, 3.63) is 36.4 Å². The first-order chi connectivity index (χ1) is 13.7. The van der Waals surface area contributed by atoms with Crippen LogP contribution in [-0.2, 0) is 9.59 Å². The molecule has 2 N–H and O–H groups in total. The Hall–Kier alpha value is -2.96.